The standard InChI is InChI=1S/C21H44/c1-7-12-14-19(10-4)16-21(18(6)9-3)17-20(11-5)15-13-8-2/h18-21H,7-17H2,1-6H3. The van der Waals surface area contributed by atoms with E-state index in [1.807, 2.05) is 0 Å². The minimum absolute atomic E-state index is 0.913. The largest absolute Gasteiger partial charge is 0.0654 e. The number of hydrogen-bond donors (Lipinski definition) is 0. The molecule has 0 aliphatic carbocycles. The first-order valence-corrected chi connectivity index (χ1v) is 10.1. The average Bonchev–Trinajstić information content (AvgIpc) is 2.52. The molecule has 0 rings (SSSR count). The van der Waals surface area contributed by atoms with E-state index >= 15 is 0 Å². The zero-order valence-corrected chi connectivity index (χ0v) is 16.1. The van der Waals surface area contributed by atoms with Gasteiger partial charge in [-0.25, -0.2) is 0 Å². The molecule has 0 saturated carbocycles. The van der Waals surface area contributed by atoms with Gasteiger partial charge in [0, 0.05) is 0 Å². The summed E-state index contributed by atoms with van der Waals surface area (Å²) in [5.74, 6) is 3.84. The molecule has 0 aromatic carbocycles. The quantitative estimate of drug-likeness (QED) is 0.306. The highest BCUT2D eigenvalue weighted by atomic mass is 14.3. The molecule has 0 fully saturated rings. The van der Waals surface area contributed by atoms with Crippen LogP contribution in [0.25, 0.3) is 0 Å². The van der Waals surface area contributed by atoms with E-state index in [0.717, 1.165) is 23.7 Å². The summed E-state index contributed by atoms with van der Waals surface area (Å²) in [5, 5.41) is 0. The monoisotopic (exact) mass is 296 g/mol. The van der Waals surface area contributed by atoms with E-state index in [1.165, 1.54) is 70.6 Å². The van der Waals surface area contributed by atoms with E-state index in [1.54, 1.807) is 0 Å². The molecule has 21 heavy (non-hydrogen) atoms. The maximum atomic E-state index is 2.50. The van der Waals surface area contributed by atoms with E-state index < -0.39 is 0 Å². The highest BCUT2D eigenvalue weighted by Crippen LogP contribution is 2.34. The van der Waals surface area contributed by atoms with E-state index in [-0.39, 0.29) is 0 Å². The minimum atomic E-state index is 0.913. The Hall–Kier alpha value is 0. The Labute approximate surface area is 136 Å². The van der Waals surface area contributed by atoms with Gasteiger partial charge in [0.2, 0.25) is 0 Å². The third-order valence-electron chi connectivity index (χ3n) is 5.81. The second-order valence-electron chi connectivity index (χ2n) is 7.45. The SMILES string of the molecule is CCCCC(CC)CC(CC(CC)CCCC)C(C)CC. The van der Waals surface area contributed by atoms with Crippen molar-refractivity contribution < 1.29 is 0 Å². The highest BCUT2D eigenvalue weighted by Gasteiger charge is 2.23. The Kier molecular flexibility index (Phi) is 13.6. The van der Waals surface area contributed by atoms with E-state index in [2.05, 4.69) is 41.5 Å². The summed E-state index contributed by atoms with van der Waals surface area (Å²) in [5.41, 5.74) is 0. The predicted molar refractivity (Wildman–Crippen MR) is 98.8 cm³/mol. The van der Waals surface area contributed by atoms with Crippen LogP contribution in [0.3, 0.4) is 0 Å². The maximum Gasteiger partial charge on any atom is -0.0383 e. The summed E-state index contributed by atoms with van der Waals surface area (Å²) in [7, 11) is 0. The van der Waals surface area contributed by atoms with Gasteiger partial charge in [-0.2, -0.15) is 0 Å². The van der Waals surface area contributed by atoms with Gasteiger partial charge < -0.3 is 0 Å². The molecular weight excluding hydrogens is 252 g/mol. The lowest BCUT2D eigenvalue weighted by molar-refractivity contribution is 0.207. The Bertz CT molecular complexity index is 190. The molecule has 3 unspecified atom stereocenters. The average molecular weight is 297 g/mol. The molecular formula is C21H44. The van der Waals surface area contributed by atoms with Crippen LogP contribution in [0, 0.1) is 23.7 Å². The fourth-order valence-corrected chi connectivity index (χ4v) is 3.71. The zero-order chi connectivity index (χ0) is 16.1. The minimum Gasteiger partial charge on any atom is -0.0654 e. The summed E-state index contributed by atoms with van der Waals surface area (Å²) in [6, 6.07) is 0. The van der Waals surface area contributed by atoms with Gasteiger partial charge in [-0.3, -0.25) is 0 Å². The number of unbranched alkanes of at least 4 members (excludes halogenated alkanes) is 2. The second kappa shape index (κ2) is 13.6. The molecule has 0 heterocycles. The van der Waals surface area contributed by atoms with Crippen LogP contribution in [-0.2, 0) is 0 Å². The van der Waals surface area contributed by atoms with Crippen LogP contribution in [0.2, 0.25) is 0 Å². The van der Waals surface area contributed by atoms with Crippen molar-refractivity contribution in [2.45, 2.75) is 112 Å². The Morgan fingerprint density at radius 3 is 1.33 bits per heavy atom. The lowest BCUT2D eigenvalue weighted by atomic mass is 9.75. The molecule has 0 amide bonds. The van der Waals surface area contributed by atoms with Crippen molar-refractivity contribution in [1.29, 1.82) is 0 Å². The van der Waals surface area contributed by atoms with Gasteiger partial charge in [-0.15, -0.1) is 0 Å². The van der Waals surface area contributed by atoms with E-state index in [4.69, 9.17) is 0 Å². The highest BCUT2D eigenvalue weighted by molar-refractivity contribution is 4.74. The molecule has 0 heteroatoms. The topological polar surface area (TPSA) is 0 Å². The van der Waals surface area contributed by atoms with Crippen molar-refractivity contribution >= 4 is 0 Å². The molecule has 0 N–H and O–H groups in total. The Morgan fingerprint density at radius 2 is 1.05 bits per heavy atom. The van der Waals surface area contributed by atoms with E-state index in [0.29, 0.717) is 0 Å². The van der Waals surface area contributed by atoms with Crippen LogP contribution < -0.4 is 0 Å². The van der Waals surface area contributed by atoms with Crippen molar-refractivity contribution in [3.8, 4) is 0 Å². The van der Waals surface area contributed by atoms with Crippen LogP contribution in [0.4, 0.5) is 0 Å². The van der Waals surface area contributed by atoms with Gasteiger partial charge >= 0.3 is 0 Å². The van der Waals surface area contributed by atoms with Gasteiger partial charge in [0.05, 0.1) is 0 Å². The first-order valence-electron chi connectivity index (χ1n) is 10.1. The summed E-state index contributed by atoms with van der Waals surface area (Å²) in [6.07, 6.45) is 15.6. The first kappa shape index (κ1) is 21.0. The van der Waals surface area contributed by atoms with Crippen molar-refractivity contribution in [2.75, 3.05) is 0 Å². The van der Waals surface area contributed by atoms with Gasteiger partial charge in [-0.05, 0) is 36.5 Å². The van der Waals surface area contributed by atoms with Gasteiger partial charge in [0.15, 0.2) is 0 Å². The molecule has 0 nitrogen and oxygen atoms in total. The molecule has 0 radical (unpaired) electrons. The van der Waals surface area contributed by atoms with Gasteiger partial charge in [-0.1, -0.05) is 99.3 Å². The van der Waals surface area contributed by atoms with Crippen LogP contribution in [0.1, 0.15) is 112 Å². The molecule has 0 aromatic rings. The smallest absolute Gasteiger partial charge is 0.0383 e. The molecule has 0 aliphatic heterocycles. The fraction of sp³-hybridized carbons (Fsp3) is 1.00. The van der Waals surface area contributed by atoms with Crippen molar-refractivity contribution in [1.82, 2.24) is 0 Å². The van der Waals surface area contributed by atoms with Gasteiger partial charge in [0.1, 0.15) is 0 Å². The normalized spacial score (nSPS) is 17.4. The summed E-state index contributed by atoms with van der Waals surface area (Å²) >= 11 is 0. The molecule has 128 valence electrons. The lowest BCUT2D eigenvalue weighted by Crippen LogP contribution is -2.19. The molecule has 0 spiro atoms. The van der Waals surface area contributed by atoms with Crippen molar-refractivity contribution in [2.24, 2.45) is 23.7 Å². The Morgan fingerprint density at radius 1 is 0.619 bits per heavy atom. The third kappa shape index (κ3) is 9.59. The molecule has 0 aromatic heterocycles. The fourth-order valence-electron chi connectivity index (χ4n) is 3.71. The molecule has 0 aliphatic rings. The number of hydrogen-bond acceptors (Lipinski definition) is 0. The maximum absolute atomic E-state index is 2.50. The van der Waals surface area contributed by atoms with Crippen LogP contribution >= 0.6 is 0 Å². The van der Waals surface area contributed by atoms with Crippen LogP contribution in [0.15, 0.2) is 0 Å². The zero-order valence-electron chi connectivity index (χ0n) is 16.1. The Balaban J connectivity index is 4.53. The summed E-state index contributed by atoms with van der Waals surface area (Å²) in [4.78, 5) is 0. The van der Waals surface area contributed by atoms with Crippen molar-refractivity contribution in [3.63, 3.8) is 0 Å². The summed E-state index contributed by atoms with van der Waals surface area (Å²) < 4.78 is 0. The molecule has 3 atom stereocenters. The lowest BCUT2D eigenvalue weighted by Gasteiger charge is -2.30. The second-order valence-corrected chi connectivity index (χ2v) is 7.45. The molecule has 0 saturated heterocycles. The van der Waals surface area contributed by atoms with E-state index in [9.17, 15) is 0 Å². The van der Waals surface area contributed by atoms with Crippen LogP contribution in [0.5, 0.6) is 0 Å². The third-order valence-corrected chi connectivity index (χ3v) is 5.81. The number of rotatable bonds is 14. The first-order chi connectivity index (χ1) is 10.1. The van der Waals surface area contributed by atoms with Crippen molar-refractivity contribution in [3.05, 3.63) is 0 Å². The summed E-state index contributed by atoms with van der Waals surface area (Å²) in [6.45, 7) is 14.4. The predicted octanol–water partition coefficient (Wildman–Crippen LogP) is 7.86. The molecule has 0 bridgehead atoms. The van der Waals surface area contributed by atoms with Crippen LogP contribution in [-0.4, -0.2) is 0 Å². The van der Waals surface area contributed by atoms with Gasteiger partial charge in [0.25, 0.3) is 0 Å².